The molecule has 3 rings (SSSR count). The summed E-state index contributed by atoms with van der Waals surface area (Å²) in [5.74, 6) is 2.84. The third-order valence-corrected chi connectivity index (χ3v) is 4.79. The third-order valence-electron chi connectivity index (χ3n) is 4.51. The van der Waals surface area contributed by atoms with E-state index in [1.807, 2.05) is 19.2 Å². The highest BCUT2D eigenvalue weighted by molar-refractivity contribution is 6.32. The van der Waals surface area contributed by atoms with Gasteiger partial charge in [0.2, 0.25) is 0 Å². The van der Waals surface area contributed by atoms with Gasteiger partial charge in [-0.2, -0.15) is 0 Å². The number of methoxy groups -OCH3 is 1. The molecule has 2 heterocycles. The maximum Gasteiger partial charge on any atom is 0.193 e. The highest BCUT2D eigenvalue weighted by atomic mass is 35.5. The molecular formula is C18H26ClN3O3. The first-order chi connectivity index (χ1) is 12.2. The molecule has 138 valence electrons. The minimum Gasteiger partial charge on any atom is -0.489 e. The second-order valence-electron chi connectivity index (χ2n) is 6.41. The Morgan fingerprint density at radius 2 is 2.24 bits per heavy atom. The Balaban J connectivity index is 1.62. The zero-order valence-electron chi connectivity index (χ0n) is 14.9. The maximum absolute atomic E-state index is 6.36. The van der Waals surface area contributed by atoms with Crippen molar-refractivity contribution in [3.05, 3.63) is 22.7 Å². The van der Waals surface area contributed by atoms with Gasteiger partial charge in [0, 0.05) is 46.1 Å². The van der Waals surface area contributed by atoms with E-state index in [1.165, 1.54) is 0 Å². The van der Waals surface area contributed by atoms with Crippen molar-refractivity contribution in [2.75, 3.05) is 47.1 Å². The zero-order chi connectivity index (χ0) is 17.6. The van der Waals surface area contributed by atoms with Crippen molar-refractivity contribution in [1.29, 1.82) is 0 Å². The maximum atomic E-state index is 6.36. The Morgan fingerprint density at radius 3 is 3.04 bits per heavy atom. The number of aliphatic imine (C=N–C) groups is 1. The Bertz CT molecular complexity index is 624. The molecule has 0 saturated carbocycles. The van der Waals surface area contributed by atoms with Crippen molar-refractivity contribution >= 4 is 17.6 Å². The monoisotopic (exact) mass is 367 g/mol. The average molecular weight is 368 g/mol. The lowest BCUT2D eigenvalue weighted by Gasteiger charge is -2.22. The standard InChI is InChI=1S/C18H26ClN3O3/c1-20-18(22-5-4-13(11-22)12-23-2)21-10-14-8-15(19)17-16(9-14)24-6-3-7-25-17/h8-9,13H,3-7,10-12H2,1-2H3,(H,20,21). The summed E-state index contributed by atoms with van der Waals surface area (Å²) in [6, 6.07) is 3.91. The molecule has 7 heteroatoms. The molecule has 1 N–H and O–H groups in total. The van der Waals surface area contributed by atoms with Crippen LogP contribution < -0.4 is 14.8 Å². The Labute approximate surface area is 154 Å². The van der Waals surface area contributed by atoms with Gasteiger partial charge in [-0.3, -0.25) is 4.99 Å². The minimum atomic E-state index is 0.566. The molecule has 0 radical (unpaired) electrons. The lowest BCUT2D eigenvalue weighted by atomic mass is 10.1. The number of benzene rings is 1. The number of nitrogens with one attached hydrogen (secondary N) is 1. The first-order valence-electron chi connectivity index (χ1n) is 8.73. The fourth-order valence-electron chi connectivity index (χ4n) is 3.30. The second-order valence-corrected chi connectivity index (χ2v) is 6.82. The van der Waals surface area contributed by atoms with Crippen LogP contribution in [0, 0.1) is 5.92 Å². The normalized spacial score (nSPS) is 20.5. The molecule has 1 fully saturated rings. The van der Waals surface area contributed by atoms with Crippen LogP contribution in [0.2, 0.25) is 5.02 Å². The summed E-state index contributed by atoms with van der Waals surface area (Å²) in [4.78, 5) is 6.68. The quantitative estimate of drug-likeness (QED) is 0.654. The van der Waals surface area contributed by atoms with Crippen LogP contribution >= 0.6 is 11.6 Å². The van der Waals surface area contributed by atoms with Crippen LogP contribution in [-0.2, 0) is 11.3 Å². The lowest BCUT2D eigenvalue weighted by Crippen LogP contribution is -2.39. The number of hydrogen-bond donors (Lipinski definition) is 1. The van der Waals surface area contributed by atoms with Crippen molar-refractivity contribution in [2.24, 2.45) is 10.9 Å². The lowest BCUT2D eigenvalue weighted by molar-refractivity contribution is 0.157. The minimum absolute atomic E-state index is 0.566. The van der Waals surface area contributed by atoms with Crippen molar-refractivity contribution in [3.8, 4) is 11.5 Å². The first-order valence-corrected chi connectivity index (χ1v) is 9.11. The number of guanidine groups is 1. The van der Waals surface area contributed by atoms with Gasteiger partial charge >= 0.3 is 0 Å². The van der Waals surface area contributed by atoms with Gasteiger partial charge in [-0.05, 0) is 24.1 Å². The predicted octanol–water partition coefficient (Wildman–Crippen LogP) is 2.55. The van der Waals surface area contributed by atoms with Crippen LogP contribution in [0.25, 0.3) is 0 Å². The van der Waals surface area contributed by atoms with Crippen molar-refractivity contribution in [3.63, 3.8) is 0 Å². The molecular weight excluding hydrogens is 342 g/mol. The van der Waals surface area contributed by atoms with E-state index in [1.54, 1.807) is 7.11 Å². The van der Waals surface area contributed by atoms with Gasteiger partial charge in [0.05, 0.1) is 24.8 Å². The molecule has 1 aromatic carbocycles. The molecule has 1 unspecified atom stereocenters. The van der Waals surface area contributed by atoms with E-state index >= 15 is 0 Å². The molecule has 25 heavy (non-hydrogen) atoms. The summed E-state index contributed by atoms with van der Waals surface area (Å²) < 4.78 is 16.7. The average Bonchev–Trinajstić information content (AvgIpc) is 2.92. The summed E-state index contributed by atoms with van der Waals surface area (Å²) in [5.41, 5.74) is 1.04. The zero-order valence-corrected chi connectivity index (χ0v) is 15.6. The highest BCUT2D eigenvalue weighted by Crippen LogP contribution is 2.37. The van der Waals surface area contributed by atoms with Crippen LogP contribution in [-0.4, -0.2) is 57.9 Å². The first kappa shape index (κ1) is 18.1. The molecule has 0 aliphatic carbocycles. The smallest absolute Gasteiger partial charge is 0.193 e. The highest BCUT2D eigenvalue weighted by Gasteiger charge is 2.24. The molecule has 6 nitrogen and oxygen atoms in total. The van der Waals surface area contributed by atoms with E-state index in [0.717, 1.165) is 49.8 Å². The molecule has 0 amide bonds. The topological polar surface area (TPSA) is 55.3 Å². The number of likely N-dealkylation sites (tertiary alicyclic amines) is 1. The number of fused-ring (bicyclic) bond motifs is 1. The fourth-order valence-corrected chi connectivity index (χ4v) is 3.58. The molecule has 0 bridgehead atoms. The van der Waals surface area contributed by atoms with Gasteiger partial charge in [-0.15, -0.1) is 0 Å². The molecule has 1 saturated heterocycles. The summed E-state index contributed by atoms with van der Waals surface area (Å²) in [7, 11) is 3.57. The molecule has 0 aromatic heterocycles. The predicted molar refractivity (Wildman–Crippen MR) is 98.8 cm³/mol. The van der Waals surface area contributed by atoms with Gasteiger partial charge in [0.25, 0.3) is 0 Å². The molecule has 2 aliphatic heterocycles. The number of ether oxygens (including phenoxy) is 3. The fraction of sp³-hybridized carbons (Fsp3) is 0.611. The SMILES string of the molecule is CN=C(NCc1cc(Cl)c2c(c1)OCCCO2)N1CCC(COC)C1. The molecule has 2 aliphatic rings. The number of halogens is 1. The Morgan fingerprint density at radius 1 is 1.40 bits per heavy atom. The molecule has 1 aromatic rings. The number of hydrogen-bond acceptors (Lipinski definition) is 4. The van der Waals surface area contributed by atoms with Crippen LogP contribution in [0.3, 0.4) is 0 Å². The molecule has 0 spiro atoms. The van der Waals surface area contributed by atoms with Crippen LogP contribution in [0.4, 0.5) is 0 Å². The van der Waals surface area contributed by atoms with Crippen LogP contribution in [0.5, 0.6) is 11.5 Å². The van der Waals surface area contributed by atoms with Crippen molar-refractivity contribution in [1.82, 2.24) is 10.2 Å². The van der Waals surface area contributed by atoms with E-state index in [4.69, 9.17) is 25.8 Å². The van der Waals surface area contributed by atoms with Gasteiger partial charge in [0.1, 0.15) is 0 Å². The van der Waals surface area contributed by atoms with E-state index < -0.39 is 0 Å². The van der Waals surface area contributed by atoms with Gasteiger partial charge in [-0.25, -0.2) is 0 Å². The van der Waals surface area contributed by atoms with Crippen molar-refractivity contribution < 1.29 is 14.2 Å². The van der Waals surface area contributed by atoms with E-state index in [2.05, 4.69) is 15.2 Å². The van der Waals surface area contributed by atoms with E-state index in [9.17, 15) is 0 Å². The second kappa shape index (κ2) is 8.63. The largest absolute Gasteiger partial charge is 0.489 e. The van der Waals surface area contributed by atoms with E-state index in [-0.39, 0.29) is 0 Å². The summed E-state index contributed by atoms with van der Waals surface area (Å²) in [5, 5.41) is 4.01. The Kier molecular flexibility index (Phi) is 6.26. The summed E-state index contributed by atoms with van der Waals surface area (Å²) >= 11 is 6.36. The molecule has 1 atom stereocenters. The summed E-state index contributed by atoms with van der Waals surface area (Å²) in [6.07, 6.45) is 1.99. The van der Waals surface area contributed by atoms with Gasteiger partial charge in [0.15, 0.2) is 17.5 Å². The summed E-state index contributed by atoms with van der Waals surface area (Å²) in [6.45, 7) is 4.68. The third kappa shape index (κ3) is 4.50. The van der Waals surface area contributed by atoms with Crippen molar-refractivity contribution in [2.45, 2.75) is 19.4 Å². The number of nitrogens with zero attached hydrogens (tertiary/aromatic N) is 2. The van der Waals surface area contributed by atoms with E-state index in [0.29, 0.717) is 36.4 Å². The van der Waals surface area contributed by atoms with Gasteiger partial charge < -0.3 is 24.4 Å². The van der Waals surface area contributed by atoms with Crippen LogP contribution in [0.15, 0.2) is 17.1 Å². The Hall–Kier alpha value is -1.66. The van der Waals surface area contributed by atoms with Crippen LogP contribution in [0.1, 0.15) is 18.4 Å². The number of rotatable bonds is 4. The van der Waals surface area contributed by atoms with Gasteiger partial charge in [-0.1, -0.05) is 11.6 Å².